The molecule has 1 N–H and O–H groups in total. The Morgan fingerprint density at radius 2 is 1.75 bits per heavy atom. The third kappa shape index (κ3) is 5.17. The van der Waals surface area contributed by atoms with Crippen LogP contribution in [-0.2, 0) is 9.53 Å². The molecule has 0 aromatic heterocycles. The highest BCUT2D eigenvalue weighted by Gasteiger charge is 2.37. The zero-order chi connectivity index (χ0) is 11.5. The van der Waals surface area contributed by atoms with Crippen molar-refractivity contribution in [1.29, 1.82) is 0 Å². The molecule has 96 valence electrons. The van der Waals surface area contributed by atoms with Gasteiger partial charge in [-0.2, -0.15) is 0 Å². The van der Waals surface area contributed by atoms with Gasteiger partial charge in [0.25, 0.3) is 6.47 Å². The number of rotatable bonds is 4. The van der Waals surface area contributed by atoms with Crippen LogP contribution in [0.4, 0.5) is 0 Å². The summed E-state index contributed by atoms with van der Waals surface area (Å²) in [6.07, 6.45) is 3.28. The lowest BCUT2D eigenvalue weighted by Gasteiger charge is -2.46. The molecule has 0 atom stereocenters. The lowest BCUT2D eigenvalue weighted by Crippen LogP contribution is -2.57. The van der Waals surface area contributed by atoms with Crippen LogP contribution in [0.25, 0.3) is 0 Å². The summed E-state index contributed by atoms with van der Waals surface area (Å²) in [6.45, 7) is 10.0. The molecule has 4 heteroatoms. The van der Waals surface area contributed by atoms with E-state index in [4.69, 9.17) is 4.74 Å². The van der Waals surface area contributed by atoms with E-state index in [9.17, 15) is 4.79 Å². The first-order chi connectivity index (χ1) is 6.85. The summed E-state index contributed by atoms with van der Waals surface area (Å²) in [5.41, 5.74) is 0.376. The molecular weight excluding hydrogens is 226 g/mol. The van der Waals surface area contributed by atoms with E-state index in [0.29, 0.717) is 19.0 Å². The van der Waals surface area contributed by atoms with E-state index in [1.165, 1.54) is 0 Å². The van der Waals surface area contributed by atoms with E-state index < -0.39 is 0 Å². The number of carbonyl (C=O) groups excluding carboxylic acids is 1. The Morgan fingerprint density at radius 3 is 2.19 bits per heavy atom. The van der Waals surface area contributed by atoms with Crippen LogP contribution in [0.2, 0.25) is 0 Å². The van der Waals surface area contributed by atoms with Gasteiger partial charge >= 0.3 is 0 Å². The second-order valence-electron chi connectivity index (χ2n) is 5.92. The van der Waals surface area contributed by atoms with E-state index in [1.54, 1.807) is 0 Å². The first-order valence-electron chi connectivity index (χ1n) is 5.69. The fourth-order valence-electron chi connectivity index (χ4n) is 3.02. The van der Waals surface area contributed by atoms with Gasteiger partial charge < -0.3 is 10.1 Å². The number of halogens is 1. The first kappa shape index (κ1) is 15.7. The van der Waals surface area contributed by atoms with Crippen LogP contribution < -0.4 is 5.32 Å². The Bertz CT molecular complexity index is 213. The van der Waals surface area contributed by atoms with Crippen molar-refractivity contribution < 1.29 is 9.53 Å². The van der Waals surface area contributed by atoms with Crippen LogP contribution in [0.15, 0.2) is 0 Å². The van der Waals surface area contributed by atoms with E-state index in [2.05, 4.69) is 33.0 Å². The largest absolute Gasteiger partial charge is 0.468 e. The van der Waals surface area contributed by atoms with Crippen molar-refractivity contribution in [3.63, 3.8) is 0 Å². The summed E-state index contributed by atoms with van der Waals surface area (Å²) < 4.78 is 4.77. The van der Waals surface area contributed by atoms with Gasteiger partial charge in [-0.1, -0.05) is 0 Å². The van der Waals surface area contributed by atoms with E-state index >= 15 is 0 Å². The minimum atomic E-state index is 0. The summed E-state index contributed by atoms with van der Waals surface area (Å²) in [5, 5.41) is 3.64. The number of hydrogen-bond donors (Lipinski definition) is 1. The molecule has 0 aromatic rings. The quantitative estimate of drug-likeness (QED) is 0.615. The Labute approximate surface area is 105 Å². The van der Waals surface area contributed by atoms with Gasteiger partial charge in [0.2, 0.25) is 0 Å². The third-order valence-electron chi connectivity index (χ3n) is 2.99. The number of piperidine rings is 1. The van der Waals surface area contributed by atoms with Crippen molar-refractivity contribution in [2.45, 2.75) is 58.0 Å². The lowest BCUT2D eigenvalue weighted by molar-refractivity contribution is -0.129. The second-order valence-corrected chi connectivity index (χ2v) is 5.92. The SMILES string of the molecule is CC1(C)CC(CCOC=O)CC(C)(C)N1.Cl. The second kappa shape index (κ2) is 5.87. The van der Waals surface area contributed by atoms with Crippen LogP contribution in [0.1, 0.15) is 47.0 Å². The van der Waals surface area contributed by atoms with Crippen LogP contribution in [-0.4, -0.2) is 24.2 Å². The van der Waals surface area contributed by atoms with Crippen LogP contribution >= 0.6 is 12.4 Å². The smallest absolute Gasteiger partial charge is 0.293 e. The zero-order valence-electron chi connectivity index (χ0n) is 10.7. The predicted molar refractivity (Wildman–Crippen MR) is 67.9 cm³/mol. The molecule has 1 aliphatic rings. The van der Waals surface area contributed by atoms with Crippen molar-refractivity contribution in [3.8, 4) is 0 Å². The van der Waals surface area contributed by atoms with Gasteiger partial charge in [-0.3, -0.25) is 4.79 Å². The predicted octanol–water partition coefficient (Wildman–Crippen LogP) is 2.53. The Morgan fingerprint density at radius 1 is 1.25 bits per heavy atom. The monoisotopic (exact) mass is 249 g/mol. The molecule has 0 spiro atoms. The molecule has 3 nitrogen and oxygen atoms in total. The summed E-state index contributed by atoms with van der Waals surface area (Å²) >= 11 is 0. The maximum absolute atomic E-state index is 10.1. The van der Waals surface area contributed by atoms with Gasteiger partial charge in [-0.05, 0) is 52.9 Å². The van der Waals surface area contributed by atoms with E-state index in [0.717, 1.165) is 19.3 Å². The molecular formula is C12H24ClNO2. The molecule has 16 heavy (non-hydrogen) atoms. The molecule has 1 fully saturated rings. The average Bonchev–Trinajstić information content (AvgIpc) is 1.98. The number of carbonyl (C=O) groups is 1. The molecule has 0 unspecified atom stereocenters. The summed E-state index contributed by atoms with van der Waals surface area (Å²) in [5.74, 6) is 0.649. The minimum absolute atomic E-state index is 0. The highest BCUT2D eigenvalue weighted by molar-refractivity contribution is 5.85. The molecule has 0 bridgehead atoms. The molecule has 1 rings (SSSR count). The highest BCUT2D eigenvalue weighted by atomic mass is 35.5. The Balaban J connectivity index is 0.00000225. The lowest BCUT2D eigenvalue weighted by atomic mass is 9.75. The third-order valence-corrected chi connectivity index (χ3v) is 2.99. The average molecular weight is 250 g/mol. The minimum Gasteiger partial charge on any atom is -0.468 e. The van der Waals surface area contributed by atoms with Gasteiger partial charge in [0, 0.05) is 11.1 Å². The fraction of sp³-hybridized carbons (Fsp3) is 0.917. The normalized spacial score (nSPS) is 23.2. The molecule has 0 amide bonds. The van der Waals surface area contributed by atoms with Gasteiger partial charge in [0.05, 0.1) is 6.61 Å². The van der Waals surface area contributed by atoms with E-state index in [1.807, 2.05) is 0 Å². The maximum Gasteiger partial charge on any atom is 0.293 e. The molecule has 0 aliphatic carbocycles. The van der Waals surface area contributed by atoms with Crippen LogP contribution in [0.3, 0.4) is 0 Å². The molecule has 1 aliphatic heterocycles. The van der Waals surface area contributed by atoms with Crippen molar-refractivity contribution in [2.24, 2.45) is 5.92 Å². The number of ether oxygens (including phenoxy) is 1. The molecule has 0 aromatic carbocycles. The Hall–Kier alpha value is -0.280. The highest BCUT2D eigenvalue weighted by Crippen LogP contribution is 2.34. The van der Waals surface area contributed by atoms with Crippen molar-refractivity contribution >= 4 is 18.9 Å². The van der Waals surface area contributed by atoms with Crippen LogP contribution in [0, 0.1) is 5.92 Å². The molecule has 1 saturated heterocycles. The molecule has 0 saturated carbocycles. The van der Waals surface area contributed by atoms with Gasteiger partial charge in [-0.25, -0.2) is 0 Å². The molecule has 1 heterocycles. The maximum atomic E-state index is 10.1. The molecule has 0 radical (unpaired) electrons. The standard InChI is InChI=1S/C12H23NO2.ClH/c1-11(2)7-10(5-6-15-9-14)8-12(3,4)13-11;/h9-10,13H,5-8H2,1-4H3;1H. The van der Waals surface area contributed by atoms with Crippen LogP contribution in [0.5, 0.6) is 0 Å². The van der Waals surface area contributed by atoms with E-state index in [-0.39, 0.29) is 23.5 Å². The zero-order valence-corrected chi connectivity index (χ0v) is 11.5. The van der Waals surface area contributed by atoms with Gasteiger partial charge in [-0.15, -0.1) is 12.4 Å². The van der Waals surface area contributed by atoms with Crippen molar-refractivity contribution in [2.75, 3.05) is 6.61 Å². The summed E-state index contributed by atoms with van der Waals surface area (Å²) in [4.78, 5) is 10.1. The number of nitrogens with one attached hydrogen (secondary N) is 1. The van der Waals surface area contributed by atoms with Crippen molar-refractivity contribution in [3.05, 3.63) is 0 Å². The topological polar surface area (TPSA) is 38.3 Å². The van der Waals surface area contributed by atoms with Gasteiger partial charge in [0.1, 0.15) is 0 Å². The van der Waals surface area contributed by atoms with Gasteiger partial charge in [0.15, 0.2) is 0 Å². The first-order valence-corrected chi connectivity index (χ1v) is 5.69. The van der Waals surface area contributed by atoms with Crippen molar-refractivity contribution in [1.82, 2.24) is 5.32 Å². The summed E-state index contributed by atoms with van der Waals surface area (Å²) in [7, 11) is 0. The Kier molecular flexibility index (Phi) is 5.77. The summed E-state index contributed by atoms with van der Waals surface area (Å²) in [6, 6.07) is 0. The fourth-order valence-corrected chi connectivity index (χ4v) is 3.02. The number of hydrogen-bond acceptors (Lipinski definition) is 3.